The fraction of sp³-hybridized carbons (Fsp3) is 0.469. The lowest BCUT2D eigenvalue weighted by molar-refractivity contribution is -0.155. The second-order valence-electron chi connectivity index (χ2n) is 11.8. The molecule has 0 aliphatic carbocycles. The number of halogens is 4. The molecule has 1 N–H and O–H groups in total. The van der Waals surface area contributed by atoms with E-state index in [1.165, 1.54) is 18.2 Å². The molecule has 0 bridgehead atoms. The van der Waals surface area contributed by atoms with Gasteiger partial charge in [0.05, 0.1) is 16.6 Å². The van der Waals surface area contributed by atoms with E-state index in [0.29, 0.717) is 16.5 Å². The topological polar surface area (TPSA) is 71.5 Å². The van der Waals surface area contributed by atoms with E-state index in [1.54, 1.807) is 20.8 Å². The molecule has 3 aromatic rings. The Morgan fingerprint density at radius 2 is 1.76 bits per heavy atom. The minimum Gasteiger partial charge on any atom is -0.460 e. The zero-order chi connectivity index (χ0) is 30.7. The number of anilines is 1. The molecule has 0 saturated carbocycles. The molecular weight excluding hydrogens is 611 g/mol. The van der Waals surface area contributed by atoms with Crippen LogP contribution < -0.4 is 10.2 Å². The van der Waals surface area contributed by atoms with Crippen LogP contribution in [0.1, 0.15) is 85.8 Å². The van der Waals surface area contributed by atoms with Crippen molar-refractivity contribution in [2.45, 2.75) is 77.5 Å². The number of pyridine rings is 1. The van der Waals surface area contributed by atoms with Crippen LogP contribution >= 0.6 is 15.9 Å². The Kier molecular flexibility index (Phi) is 9.85. The summed E-state index contributed by atoms with van der Waals surface area (Å²) >= 11 is 3.49. The Morgan fingerprint density at radius 3 is 2.43 bits per heavy atom. The van der Waals surface area contributed by atoms with Crippen molar-refractivity contribution in [3.05, 3.63) is 69.2 Å². The van der Waals surface area contributed by atoms with Gasteiger partial charge in [-0.15, -0.1) is 0 Å². The third-order valence-electron chi connectivity index (χ3n) is 7.38. The summed E-state index contributed by atoms with van der Waals surface area (Å²) in [6.45, 7) is 8.67. The molecule has 1 fully saturated rings. The van der Waals surface area contributed by atoms with Gasteiger partial charge in [0.15, 0.2) is 0 Å². The van der Waals surface area contributed by atoms with Crippen molar-refractivity contribution in [2.75, 3.05) is 24.5 Å². The van der Waals surface area contributed by atoms with E-state index in [2.05, 4.69) is 26.1 Å². The number of nitrogens with zero attached hydrogens (tertiary/aromatic N) is 2. The molecule has 0 radical (unpaired) electrons. The molecule has 226 valence electrons. The second-order valence-corrected chi connectivity index (χ2v) is 12.7. The highest BCUT2D eigenvalue weighted by Gasteiger charge is 2.35. The second kappa shape index (κ2) is 13.0. The predicted octanol–water partition coefficient (Wildman–Crippen LogP) is 7.95. The number of hydrogen-bond acceptors (Lipinski definition) is 5. The van der Waals surface area contributed by atoms with Crippen molar-refractivity contribution in [1.29, 1.82) is 0 Å². The standard InChI is InChI=1S/C32H37BrF3N3O3/c1-20-28(24-18-22(33)13-14-26(24)38-29(20)39-16-8-5-9-17-39)30(41)37-19-21(12-15-27(40)42-31(2,3)4)23-10-6-7-11-25(23)32(34,35)36/h6-7,10-11,13-14,18,21H,5,8-9,12,15-17,19H2,1-4H3,(H,37,41). The summed E-state index contributed by atoms with van der Waals surface area (Å²) in [7, 11) is 0. The number of fused-ring (bicyclic) bond motifs is 1. The van der Waals surface area contributed by atoms with Gasteiger partial charge < -0.3 is 15.0 Å². The number of carbonyl (C=O) groups excluding carboxylic acids is 2. The number of rotatable bonds is 8. The summed E-state index contributed by atoms with van der Waals surface area (Å²) in [6, 6.07) is 10.9. The Hall–Kier alpha value is -3.14. The van der Waals surface area contributed by atoms with E-state index < -0.39 is 35.1 Å². The third kappa shape index (κ3) is 7.82. The van der Waals surface area contributed by atoms with E-state index in [1.807, 2.05) is 25.1 Å². The Bertz CT molecular complexity index is 1450. The van der Waals surface area contributed by atoms with E-state index in [4.69, 9.17) is 9.72 Å². The molecular formula is C32H37BrF3N3O3. The molecule has 4 rings (SSSR count). The molecule has 1 aliphatic heterocycles. The van der Waals surface area contributed by atoms with Crippen molar-refractivity contribution in [3.8, 4) is 0 Å². The van der Waals surface area contributed by atoms with Crippen LogP contribution in [0.3, 0.4) is 0 Å². The maximum atomic E-state index is 14.0. The van der Waals surface area contributed by atoms with Crippen LogP contribution in [-0.4, -0.2) is 42.1 Å². The number of ether oxygens (including phenoxy) is 1. The molecule has 42 heavy (non-hydrogen) atoms. The largest absolute Gasteiger partial charge is 0.460 e. The minimum absolute atomic E-state index is 0.0296. The molecule has 6 nitrogen and oxygen atoms in total. The van der Waals surface area contributed by atoms with Gasteiger partial charge in [0.1, 0.15) is 11.4 Å². The number of carbonyl (C=O) groups is 2. The van der Waals surface area contributed by atoms with E-state index in [0.717, 1.165) is 54.3 Å². The van der Waals surface area contributed by atoms with Crippen LogP contribution in [0.25, 0.3) is 10.9 Å². The smallest absolute Gasteiger partial charge is 0.416 e. The number of alkyl halides is 3. The first-order chi connectivity index (χ1) is 19.7. The van der Waals surface area contributed by atoms with E-state index >= 15 is 0 Å². The number of esters is 1. The van der Waals surface area contributed by atoms with Gasteiger partial charge in [-0.2, -0.15) is 13.2 Å². The van der Waals surface area contributed by atoms with Crippen molar-refractivity contribution in [2.24, 2.45) is 0 Å². The molecule has 2 heterocycles. The average Bonchev–Trinajstić information content (AvgIpc) is 2.91. The first-order valence-electron chi connectivity index (χ1n) is 14.3. The van der Waals surface area contributed by atoms with Gasteiger partial charge in [-0.3, -0.25) is 9.59 Å². The number of piperidine rings is 1. The molecule has 2 aromatic carbocycles. The van der Waals surface area contributed by atoms with E-state index in [-0.39, 0.29) is 24.9 Å². The number of aromatic nitrogens is 1. The summed E-state index contributed by atoms with van der Waals surface area (Å²) in [6.07, 6.45) is -1.38. The molecule has 1 unspecified atom stereocenters. The lowest BCUT2D eigenvalue weighted by Gasteiger charge is -2.30. The lowest BCUT2D eigenvalue weighted by Crippen LogP contribution is -2.33. The van der Waals surface area contributed by atoms with Gasteiger partial charge in [-0.05, 0) is 83.2 Å². The summed E-state index contributed by atoms with van der Waals surface area (Å²) in [4.78, 5) is 33.5. The van der Waals surface area contributed by atoms with Gasteiger partial charge in [0.2, 0.25) is 0 Å². The molecule has 1 aromatic heterocycles. The predicted molar refractivity (Wildman–Crippen MR) is 162 cm³/mol. The highest BCUT2D eigenvalue weighted by Crippen LogP contribution is 2.37. The van der Waals surface area contributed by atoms with Crippen LogP contribution in [0.15, 0.2) is 46.9 Å². The van der Waals surface area contributed by atoms with Crippen molar-refractivity contribution >= 4 is 44.5 Å². The Morgan fingerprint density at radius 1 is 1.07 bits per heavy atom. The number of amides is 1. The number of benzene rings is 2. The fourth-order valence-electron chi connectivity index (χ4n) is 5.49. The fourth-order valence-corrected chi connectivity index (χ4v) is 5.85. The average molecular weight is 649 g/mol. The van der Waals surface area contributed by atoms with Crippen LogP contribution in [0.2, 0.25) is 0 Å². The van der Waals surface area contributed by atoms with Gasteiger partial charge in [-0.25, -0.2) is 4.98 Å². The Labute approximate surface area is 253 Å². The SMILES string of the molecule is Cc1c(N2CCCCC2)nc2ccc(Br)cc2c1C(=O)NCC(CCC(=O)OC(C)(C)C)c1ccccc1C(F)(F)F. The quantitative estimate of drug-likeness (QED) is 0.251. The summed E-state index contributed by atoms with van der Waals surface area (Å²) in [5, 5.41) is 3.56. The first kappa shape index (κ1) is 31.8. The molecule has 0 spiro atoms. The van der Waals surface area contributed by atoms with Gasteiger partial charge in [0, 0.05) is 47.4 Å². The maximum Gasteiger partial charge on any atom is 0.416 e. The zero-order valence-corrected chi connectivity index (χ0v) is 26.0. The molecule has 10 heteroatoms. The van der Waals surface area contributed by atoms with E-state index in [9.17, 15) is 22.8 Å². The monoisotopic (exact) mass is 647 g/mol. The molecule has 1 aliphatic rings. The molecule has 1 saturated heterocycles. The van der Waals surface area contributed by atoms with Gasteiger partial charge in [-0.1, -0.05) is 34.1 Å². The van der Waals surface area contributed by atoms with Crippen molar-refractivity contribution in [3.63, 3.8) is 0 Å². The highest BCUT2D eigenvalue weighted by atomic mass is 79.9. The normalized spacial score (nSPS) is 15.0. The lowest BCUT2D eigenvalue weighted by atomic mass is 9.89. The number of hydrogen-bond donors (Lipinski definition) is 1. The summed E-state index contributed by atoms with van der Waals surface area (Å²) in [5.74, 6) is -0.933. The highest BCUT2D eigenvalue weighted by molar-refractivity contribution is 9.10. The third-order valence-corrected chi connectivity index (χ3v) is 7.87. The summed E-state index contributed by atoms with van der Waals surface area (Å²) in [5.41, 5.74) is 0.360. The molecule has 1 atom stereocenters. The van der Waals surface area contributed by atoms with Gasteiger partial charge in [0.25, 0.3) is 5.91 Å². The number of nitrogens with one attached hydrogen (secondary N) is 1. The Balaban J connectivity index is 1.67. The van der Waals surface area contributed by atoms with Gasteiger partial charge >= 0.3 is 12.1 Å². The minimum atomic E-state index is -4.59. The maximum absolute atomic E-state index is 14.0. The van der Waals surface area contributed by atoms with Crippen molar-refractivity contribution in [1.82, 2.24) is 10.3 Å². The van der Waals surface area contributed by atoms with Crippen LogP contribution in [-0.2, 0) is 15.7 Å². The van der Waals surface area contributed by atoms with Crippen LogP contribution in [0.4, 0.5) is 19.0 Å². The van der Waals surface area contributed by atoms with Crippen LogP contribution in [0.5, 0.6) is 0 Å². The van der Waals surface area contributed by atoms with Crippen molar-refractivity contribution < 1.29 is 27.5 Å². The summed E-state index contributed by atoms with van der Waals surface area (Å²) < 4.78 is 48.1. The molecule has 1 amide bonds. The first-order valence-corrected chi connectivity index (χ1v) is 15.0. The zero-order valence-electron chi connectivity index (χ0n) is 24.4. The van der Waals surface area contributed by atoms with Crippen LogP contribution in [0, 0.1) is 6.92 Å².